The number of quaternary nitrogens is 1. The van der Waals surface area contributed by atoms with Crippen LogP contribution in [0.5, 0.6) is 0 Å². The van der Waals surface area contributed by atoms with E-state index in [1.54, 1.807) is 12.1 Å². The molecule has 0 unspecified atom stereocenters. The van der Waals surface area contributed by atoms with Gasteiger partial charge in [0.2, 0.25) is 0 Å². The normalized spacial score (nSPS) is 15.1. The molecule has 0 amide bonds. The largest absolute Gasteiger partial charge is 0.334 e. The standard InChI is InChI=1S/C21H22N6O2/c1-24-11-13-25(14-12-24)22-15-18-16-26(19-5-3-2-4-6-19)23-21(18)17-7-9-20(10-8-17)27(28)29/h2-10,15-16H,11-14H2,1H3/p+1/b22-15-. The number of nitrogens with zero attached hydrogens (tertiary/aromatic N) is 5. The van der Waals surface area contributed by atoms with Gasteiger partial charge in [-0.25, -0.2) is 4.68 Å². The van der Waals surface area contributed by atoms with Gasteiger partial charge in [-0.2, -0.15) is 10.2 Å². The summed E-state index contributed by atoms with van der Waals surface area (Å²) in [7, 11) is 2.19. The molecule has 0 radical (unpaired) electrons. The summed E-state index contributed by atoms with van der Waals surface area (Å²) in [6, 6.07) is 16.3. The molecular formula is C21H23N6O2+. The van der Waals surface area contributed by atoms with E-state index < -0.39 is 4.92 Å². The third kappa shape index (κ3) is 4.33. The number of hydrogen-bond acceptors (Lipinski definition) is 5. The highest BCUT2D eigenvalue weighted by atomic mass is 16.6. The van der Waals surface area contributed by atoms with Crippen LogP contribution in [0.2, 0.25) is 0 Å². The maximum absolute atomic E-state index is 11.0. The maximum atomic E-state index is 11.0. The third-order valence-corrected chi connectivity index (χ3v) is 5.07. The first-order chi connectivity index (χ1) is 14.1. The molecule has 2 aromatic carbocycles. The van der Waals surface area contributed by atoms with Gasteiger partial charge in [-0.05, 0) is 24.3 Å². The minimum atomic E-state index is -0.399. The van der Waals surface area contributed by atoms with Crippen LogP contribution in [0.15, 0.2) is 65.9 Å². The molecule has 29 heavy (non-hydrogen) atoms. The van der Waals surface area contributed by atoms with Gasteiger partial charge in [0.25, 0.3) is 5.69 Å². The number of likely N-dealkylation sites (N-methyl/N-ethyl adjacent to an activating group) is 1. The van der Waals surface area contributed by atoms with Crippen LogP contribution in [-0.4, -0.2) is 59.2 Å². The summed E-state index contributed by atoms with van der Waals surface area (Å²) in [6.07, 6.45) is 3.78. The first-order valence-corrected chi connectivity index (χ1v) is 9.60. The molecule has 1 N–H and O–H groups in total. The number of para-hydroxylation sites is 1. The van der Waals surface area contributed by atoms with Crippen molar-refractivity contribution < 1.29 is 9.82 Å². The van der Waals surface area contributed by atoms with Crippen LogP contribution in [-0.2, 0) is 0 Å². The molecule has 4 rings (SSSR count). The van der Waals surface area contributed by atoms with Gasteiger partial charge in [0, 0.05) is 29.5 Å². The number of rotatable bonds is 5. The van der Waals surface area contributed by atoms with E-state index in [-0.39, 0.29) is 5.69 Å². The zero-order chi connectivity index (χ0) is 20.2. The number of benzene rings is 2. The molecule has 3 aromatic rings. The molecule has 1 aliphatic rings. The van der Waals surface area contributed by atoms with Crippen molar-refractivity contribution in [3.05, 3.63) is 76.5 Å². The van der Waals surface area contributed by atoms with E-state index in [4.69, 9.17) is 5.10 Å². The second kappa shape index (κ2) is 8.24. The predicted octanol–water partition coefficient (Wildman–Crippen LogP) is 1.61. The van der Waals surface area contributed by atoms with Crippen molar-refractivity contribution in [2.45, 2.75) is 0 Å². The first-order valence-electron chi connectivity index (χ1n) is 9.60. The summed E-state index contributed by atoms with van der Waals surface area (Å²) in [6.45, 7) is 3.97. The summed E-state index contributed by atoms with van der Waals surface area (Å²) in [4.78, 5) is 12.1. The molecule has 1 saturated heterocycles. The quantitative estimate of drug-likeness (QED) is 0.407. The van der Waals surface area contributed by atoms with Crippen LogP contribution in [0, 0.1) is 10.1 Å². The highest BCUT2D eigenvalue weighted by Gasteiger charge is 2.16. The molecule has 1 aliphatic heterocycles. The smallest absolute Gasteiger partial charge is 0.269 e. The number of hydrazone groups is 1. The third-order valence-electron chi connectivity index (χ3n) is 5.07. The van der Waals surface area contributed by atoms with Gasteiger partial charge in [-0.3, -0.25) is 15.1 Å². The van der Waals surface area contributed by atoms with E-state index in [1.807, 2.05) is 47.4 Å². The van der Waals surface area contributed by atoms with Crippen molar-refractivity contribution in [3.8, 4) is 16.9 Å². The molecule has 8 nitrogen and oxygen atoms in total. The SMILES string of the molecule is C[NH+]1CCN(/N=C\c2cn(-c3ccccc3)nc2-c2ccc([N+](=O)[O-])cc2)CC1. The van der Waals surface area contributed by atoms with E-state index >= 15 is 0 Å². The molecule has 1 aromatic heterocycles. The van der Waals surface area contributed by atoms with Gasteiger partial charge in [0.1, 0.15) is 5.69 Å². The van der Waals surface area contributed by atoms with Gasteiger partial charge < -0.3 is 4.90 Å². The molecule has 0 aliphatic carbocycles. The molecule has 0 saturated carbocycles. The van der Waals surface area contributed by atoms with E-state index in [0.717, 1.165) is 48.7 Å². The van der Waals surface area contributed by atoms with Crippen molar-refractivity contribution in [2.75, 3.05) is 33.2 Å². The van der Waals surface area contributed by atoms with Gasteiger partial charge >= 0.3 is 0 Å². The number of piperazine rings is 1. The molecule has 2 heterocycles. The Balaban J connectivity index is 1.68. The minimum Gasteiger partial charge on any atom is -0.334 e. The summed E-state index contributed by atoms with van der Waals surface area (Å²) >= 11 is 0. The Bertz CT molecular complexity index is 1010. The Morgan fingerprint density at radius 1 is 1.10 bits per heavy atom. The molecule has 0 bridgehead atoms. The summed E-state index contributed by atoms with van der Waals surface area (Å²) in [5.41, 5.74) is 3.43. The molecule has 8 heteroatoms. The fourth-order valence-electron chi connectivity index (χ4n) is 3.30. The number of hydrogen-bond donors (Lipinski definition) is 1. The number of nitro benzene ring substituents is 1. The van der Waals surface area contributed by atoms with E-state index in [2.05, 4.69) is 17.2 Å². The van der Waals surface area contributed by atoms with Crippen LogP contribution in [0.3, 0.4) is 0 Å². The first kappa shape index (κ1) is 18.8. The predicted molar refractivity (Wildman–Crippen MR) is 111 cm³/mol. The number of nitro groups is 1. The van der Waals surface area contributed by atoms with Crippen molar-refractivity contribution >= 4 is 11.9 Å². The van der Waals surface area contributed by atoms with Crippen molar-refractivity contribution in [2.24, 2.45) is 5.10 Å². The average molecular weight is 391 g/mol. The highest BCUT2D eigenvalue weighted by molar-refractivity contribution is 5.88. The zero-order valence-electron chi connectivity index (χ0n) is 16.2. The van der Waals surface area contributed by atoms with E-state index in [0.29, 0.717) is 0 Å². The zero-order valence-corrected chi connectivity index (χ0v) is 16.2. The number of nitrogens with one attached hydrogen (secondary N) is 1. The lowest BCUT2D eigenvalue weighted by Gasteiger charge is -2.27. The van der Waals surface area contributed by atoms with Gasteiger partial charge in [0.05, 0.1) is 50.1 Å². The lowest BCUT2D eigenvalue weighted by atomic mass is 10.1. The molecular weight excluding hydrogens is 368 g/mol. The fourth-order valence-corrected chi connectivity index (χ4v) is 3.30. The highest BCUT2D eigenvalue weighted by Crippen LogP contribution is 2.25. The van der Waals surface area contributed by atoms with Crippen molar-refractivity contribution in [1.82, 2.24) is 14.8 Å². The van der Waals surface area contributed by atoms with E-state index in [9.17, 15) is 10.1 Å². The van der Waals surface area contributed by atoms with Crippen LogP contribution in [0.25, 0.3) is 16.9 Å². The Labute approximate surface area is 168 Å². The molecule has 0 spiro atoms. The Kier molecular flexibility index (Phi) is 5.35. The lowest BCUT2D eigenvalue weighted by Crippen LogP contribution is -3.11. The second-order valence-corrected chi connectivity index (χ2v) is 7.17. The number of aromatic nitrogens is 2. The topological polar surface area (TPSA) is 81.0 Å². The van der Waals surface area contributed by atoms with Crippen LogP contribution in [0.1, 0.15) is 5.56 Å². The minimum absolute atomic E-state index is 0.0615. The summed E-state index contributed by atoms with van der Waals surface area (Å²) in [5, 5.41) is 22.4. The summed E-state index contributed by atoms with van der Waals surface area (Å²) < 4.78 is 1.81. The number of non-ortho nitro benzene ring substituents is 1. The Morgan fingerprint density at radius 2 is 1.79 bits per heavy atom. The lowest BCUT2D eigenvalue weighted by molar-refractivity contribution is -0.884. The van der Waals surface area contributed by atoms with Crippen LogP contribution < -0.4 is 4.90 Å². The van der Waals surface area contributed by atoms with E-state index in [1.165, 1.54) is 17.0 Å². The van der Waals surface area contributed by atoms with Crippen LogP contribution >= 0.6 is 0 Å². The van der Waals surface area contributed by atoms with Crippen LogP contribution in [0.4, 0.5) is 5.69 Å². The molecule has 1 fully saturated rings. The van der Waals surface area contributed by atoms with Gasteiger partial charge in [-0.1, -0.05) is 18.2 Å². The van der Waals surface area contributed by atoms with Crippen molar-refractivity contribution in [1.29, 1.82) is 0 Å². The van der Waals surface area contributed by atoms with Gasteiger partial charge in [-0.15, -0.1) is 0 Å². The Hall–Kier alpha value is -3.52. The van der Waals surface area contributed by atoms with Crippen molar-refractivity contribution in [3.63, 3.8) is 0 Å². The Morgan fingerprint density at radius 3 is 2.45 bits per heavy atom. The monoisotopic (exact) mass is 391 g/mol. The second-order valence-electron chi connectivity index (χ2n) is 7.17. The van der Waals surface area contributed by atoms with Gasteiger partial charge in [0.15, 0.2) is 0 Å². The average Bonchev–Trinajstić information content (AvgIpc) is 3.18. The summed E-state index contributed by atoms with van der Waals surface area (Å²) in [5.74, 6) is 0. The molecule has 148 valence electrons. The fraction of sp³-hybridized carbons (Fsp3) is 0.238. The molecule has 0 atom stereocenters. The maximum Gasteiger partial charge on any atom is 0.269 e.